The molecular weight excluding hydrogens is 126 g/mol. The van der Waals surface area contributed by atoms with Crippen LogP contribution in [0.4, 0.5) is 0 Å². The number of hydrogen-bond donors (Lipinski definition) is 2. The fourth-order valence-corrected chi connectivity index (χ4v) is 2.51. The first-order valence-electron chi connectivity index (χ1n) is 4.13. The van der Waals surface area contributed by atoms with Crippen molar-refractivity contribution < 1.29 is 5.11 Å². The number of hydrogen-bond acceptors (Lipinski definition) is 2. The lowest BCUT2D eigenvalue weighted by Gasteiger charge is -2.33. The van der Waals surface area contributed by atoms with E-state index in [2.05, 4.69) is 0 Å². The summed E-state index contributed by atoms with van der Waals surface area (Å²) in [5.41, 5.74) is 5.66. The average Bonchev–Trinajstić information content (AvgIpc) is 2.03. The Bertz CT molecular complexity index is 143. The van der Waals surface area contributed by atoms with Crippen molar-refractivity contribution >= 4 is 0 Å². The van der Waals surface area contributed by atoms with Gasteiger partial charge in [-0.05, 0) is 38.5 Å². The normalized spacial score (nSPS) is 53.4. The van der Waals surface area contributed by atoms with Crippen molar-refractivity contribution in [3.63, 3.8) is 0 Å². The molecule has 2 atom stereocenters. The topological polar surface area (TPSA) is 46.2 Å². The van der Waals surface area contributed by atoms with E-state index in [4.69, 9.17) is 5.73 Å². The molecule has 2 fully saturated rings. The van der Waals surface area contributed by atoms with Crippen molar-refractivity contribution in [1.82, 2.24) is 0 Å². The lowest BCUT2D eigenvalue weighted by Crippen LogP contribution is -2.43. The van der Waals surface area contributed by atoms with Crippen LogP contribution in [0.1, 0.15) is 38.5 Å². The van der Waals surface area contributed by atoms with Crippen LogP contribution in [0.15, 0.2) is 0 Å². The maximum atomic E-state index is 9.81. The Morgan fingerprint density at radius 2 is 1.90 bits per heavy atom. The molecule has 0 aromatic heterocycles. The molecule has 2 aliphatic rings. The van der Waals surface area contributed by atoms with Crippen LogP contribution in [0.5, 0.6) is 0 Å². The van der Waals surface area contributed by atoms with E-state index >= 15 is 0 Å². The van der Waals surface area contributed by atoms with E-state index in [0.717, 1.165) is 38.5 Å². The van der Waals surface area contributed by atoms with E-state index < -0.39 is 0 Å². The first kappa shape index (κ1) is 6.62. The van der Waals surface area contributed by atoms with Crippen LogP contribution < -0.4 is 5.73 Å². The Morgan fingerprint density at radius 1 is 1.10 bits per heavy atom. The van der Waals surface area contributed by atoms with Gasteiger partial charge in [0.15, 0.2) is 0 Å². The zero-order valence-corrected chi connectivity index (χ0v) is 6.27. The molecule has 0 amide bonds. The quantitative estimate of drug-likeness (QED) is 0.523. The summed E-state index contributed by atoms with van der Waals surface area (Å²) in [6.07, 6.45) is 6.03. The molecule has 0 heterocycles. The van der Waals surface area contributed by atoms with Crippen LogP contribution in [0.25, 0.3) is 0 Å². The molecule has 2 unspecified atom stereocenters. The Labute approximate surface area is 61.4 Å². The van der Waals surface area contributed by atoms with Crippen molar-refractivity contribution in [3.05, 3.63) is 0 Å². The van der Waals surface area contributed by atoms with Gasteiger partial charge in [-0.1, -0.05) is 0 Å². The lowest BCUT2D eigenvalue weighted by atomic mass is 9.81. The summed E-state index contributed by atoms with van der Waals surface area (Å²) in [4.78, 5) is 0. The van der Waals surface area contributed by atoms with Crippen LogP contribution in [0, 0.1) is 0 Å². The maximum Gasteiger partial charge on any atom is 0.0666 e. The van der Waals surface area contributed by atoms with E-state index in [-0.39, 0.29) is 11.1 Å². The minimum Gasteiger partial charge on any atom is -0.390 e. The minimum absolute atomic E-state index is 0.00694. The fourth-order valence-electron chi connectivity index (χ4n) is 2.51. The number of fused-ring (bicyclic) bond motifs is 2. The summed E-state index contributed by atoms with van der Waals surface area (Å²) >= 11 is 0. The summed E-state index contributed by atoms with van der Waals surface area (Å²) in [6, 6.07) is 0. The summed E-state index contributed by atoms with van der Waals surface area (Å²) in [6.45, 7) is 0. The van der Waals surface area contributed by atoms with E-state index in [9.17, 15) is 5.11 Å². The Kier molecular flexibility index (Phi) is 1.15. The molecular formula is C8H15NO. The molecule has 0 aliphatic heterocycles. The number of nitrogens with two attached hydrogens (primary N) is 1. The molecule has 2 bridgehead atoms. The molecule has 2 rings (SSSR count). The minimum atomic E-state index is -0.368. The molecule has 2 nitrogen and oxygen atoms in total. The number of rotatable bonds is 0. The van der Waals surface area contributed by atoms with Gasteiger partial charge < -0.3 is 10.8 Å². The van der Waals surface area contributed by atoms with Gasteiger partial charge in [0, 0.05) is 5.54 Å². The maximum absolute atomic E-state index is 9.81. The second-order valence-corrected chi connectivity index (χ2v) is 4.12. The summed E-state index contributed by atoms with van der Waals surface area (Å²) in [5.74, 6) is 0. The van der Waals surface area contributed by atoms with Gasteiger partial charge in [0.2, 0.25) is 0 Å². The van der Waals surface area contributed by atoms with E-state index in [0.29, 0.717) is 0 Å². The van der Waals surface area contributed by atoms with E-state index in [1.165, 1.54) is 0 Å². The monoisotopic (exact) mass is 141 g/mol. The van der Waals surface area contributed by atoms with Crippen LogP contribution in [0.3, 0.4) is 0 Å². The molecule has 0 spiro atoms. The van der Waals surface area contributed by atoms with Crippen LogP contribution >= 0.6 is 0 Å². The standard InChI is InChI=1S/C8H15NO/c9-7-2-1-3-8(10,6-7)5-4-7/h10H,1-6,9H2. The first-order chi connectivity index (χ1) is 4.62. The highest BCUT2D eigenvalue weighted by molar-refractivity contribution is 5.05. The van der Waals surface area contributed by atoms with Crippen LogP contribution in [-0.2, 0) is 0 Å². The summed E-state index contributed by atoms with van der Waals surface area (Å²) in [7, 11) is 0. The lowest BCUT2D eigenvalue weighted by molar-refractivity contribution is 0.0153. The highest BCUT2D eigenvalue weighted by atomic mass is 16.3. The zero-order chi connectivity index (χ0) is 7.24. The van der Waals surface area contributed by atoms with Crippen molar-refractivity contribution in [2.45, 2.75) is 49.7 Å². The highest BCUT2D eigenvalue weighted by Crippen LogP contribution is 2.46. The van der Waals surface area contributed by atoms with Gasteiger partial charge in [0.05, 0.1) is 5.60 Å². The van der Waals surface area contributed by atoms with Gasteiger partial charge in [-0.2, -0.15) is 0 Å². The molecule has 2 saturated carbocycles. The van der Waals surface area contributed by atoms with Gasteiger partial charge in [-0.25, -0.2) is 0 Å². The van der Waals surface area contributed by atoms with Gasteiger partial charge in [0.1, 0.15) is 0 Å². The van der Waals surface area contributed by atoms with Crippen molar-refractivity contribution in [3.8, 4) is 0 Å². The van der Waals surface area contributed by atoms with Crippen LogP contribution in [0.2, 0.25) is 0 Å². The Morgan fingerprint density at radius 3 is 2.50 bits per heavy atom. The predicted molar refractivity (Wildman–Crippen MR) is 39.6 cm³/mol. The SMILES string of the molecule is NC12CCCC(O)(CC1)C2. The first-order valence-corrected chi connectivity index (χ1v) is 4.13. The fraction of sp³-hybridized carbons (Fsp3) is 1.00. The van der Waals surface area contributed by atoms with Crippen molar-refractivity contribution in [1.29, 1.82) is 0 Å². The second kappa shape index (κ2) is 1.74. The Hall–Kier alpha value is -0.0800. The van der Waals surface area contributed by atoms with Crippen molar-refractivity contribution in [2.75, 3.05) is 0 Å². The molecule has 0 saturated heterocycles. The van der Waals surface area contributed by atoms with Crippen LogP contribution in [-0.4, -0.2) is 16.2 Å². The molecule has 0 aromatic carbocycles. The highest BCUT2D eigenvalue weighted by Gasteiger charge is 2.47. The molecule has 0 aromatic rings. The predicted octanol–water partition coefficient (Wildman–Crippen LogP) is 0.783. The smallest absolute Gasteiger partial charge is 0.0666 e. The molecule has 3 N–H and O–H groups in total. The molecule has 2 aliphatic carbocycles. The third-order valence-electron chi connectivity index (χ3n) is 3.09. The van der Waals surface area contributed by atoms with Gasteiger partial charge in [-0.3, -0.25) is 0 Å². The summed E-state index contributed by atoms with van der Waals surface area (Å²) in [5, 5.41) is 9.81. The molecule has 10 heavy (non-hydrogen) atoms. The third-order valence-corrected chi connectivity index (χ3v) is 3.09. The third kappa shape index (κ3) is 0.867. The van der Waals surface area contributed by atoms with E-state index in [1.807, 2.05) is 0 Å². The Balaban J connectivity index is 2.20. The average molecular weight is 141 g/mol. The molecule has 0 radical (unpaired) electrons. The van der Waals surface area contributed by atoms with Gasteiger partial charge >= 0.3 is 0 Å². The largest absolute Gasteiger partial charge is 0.390 e. The zero-order valence-electron chi connectivity index (χ0n) is 6.27. The van der Waals surface area contributed by atoms with Gasteiger partial charge in [0.25, 0.3) is 0 Å². The van der Waals surface area contributed by atoms with Crippen molar-refractivity contribution in [2.24, 2.45) is 5.73 Å². The number of aliphatic hydroxyl groups is 1. The molecule has 58 valence electrons. The van der Waals surface area contributed by atoms with Gasteiger partial charge in [-0.15, -0.1) is 0 Å². The molecule has 2 heteroatoms. The van der Waals surface area contributed by atoms with E-state index in [1.54, 1.807) is 0 Å². The second-order valence-electron chi connectivity index (χ2n) is 4.12. The summed E-state index contributed by atoms with van der Waals surface area (Å²) < 4.78 is 0.